The third kappa shape index (κ3) is 2.35. The van der Waals surface area contributed by atoms with Crippen LogP contribution in [0.25, 0.3) is 0 Å². The summed E-state index contributed by atoms with van der Waals surface area (Å²) in [7, 11) is 0. The van der Waals surface area contributed by atoms with E-state index >= 15 is 0 Å². The van der Waals surface area contributed by atoms with Gasteiger partial charge < -0.3 is 10.0 Å². The highest BCUT2D eigenvalue weighted by Gasteiger charge is 2.53. The summed E-state index contributed by atoms with van der Waals surface area (Å²) < 4.78 is 0.936. The number of nitrogens with zero attached hydrogens (tertiary/aromatic N) is 1. The number of aliphatic carboxylic acids is 1. The number of fused-ring (bicyclic) bond motifs is 1. The predicted molar refractivity (Wildman–Crippen MR) is 84.1 cm³/mol. The molecular weight excluding hydrogens is 346 g/mol. The van der Waals surface area contributed by atoms with Gasteiger partial charge in [-0.3, -0.25) is 4.79 Å². The summed E-state index contributed by atoms with van der Waals surface area (Å²) in [6.07, 6.45) is 3.83. The third-order valence-electron chi connectivity index (χ3n) is 5.28. The first-order chi connectivity index (χ1) is 10.6. The second-order valence-corrected chi connectivity index (χ2v) is 7.60. The largest absolute Gasteiger partial charge is 0.480 e. The van der Waals surface area contributed by atoms with Gasteiger partial charge >= 0.3 is 5.97 Å². The minimum atomic E-state index is -0.904. The van der Waals surface area contributed by atoms with Crippen LogP contribution in [0, 0.1) is 17.8 Å². The van der Waals surface area contributed by atoms with E-state index in [1.54, 1.807) is 4.90 Å². The molecule has 3 unspecified atom stereocenters. The Labute approximate surface area is 137 Å². The highest BCUT2D eigenvalue weighted by atomic mass is 79.9. The molecule has 3 aliphatic rings. The Balaban J connectivity index is 1.60. The maximum absolute atomic E-state index is 12.8. The van der Waals surface area contributed by atoms with Crippen molar-refractivity contribution in [3.05, 3.63) is 33.8 Å². The standard InChI is InChI=1S/C17H18BrNO3/c18-14-3-1-2-10-8-19(15(17(21)22)7-12(10)14)16(20)13-6-11(13)9-4-5-9/h1-3,9,11,13,15H,4-8H2,(H,21,22). The normalized spacial score (nSPS) is 29.9. The van der Waals surface area contributed by atoms with Gasteiger partial charge in [0.05, 0.1) is 0 Å². The fourth-order valence-electron chi connectivity index (χ4n) is 3.79. The highest BCUT2D eigenvalue weighted by Crippen LogP contribution is 2.55. The molecule has 1 heterocycles. The molecule has 22 heavy (non-hydrogen) atoms. The Bertz CT molecular complexity index is 655. The van der Waals surface area contributed by atoms with Crippen molar-refractivity contribution in [2.75, 3.05) is 0 Å². The van der Waals surface area contributed by atoms with Crippen LogP contribution in [0.15, 0.2) is 22.7 Å². The van der Waals surface area contributed by atoms with E-state index in [2.05, 4.69) is 15.9 Å². The van der Waals surface area contributed by atoms with Crippen LogP contribution < -0.4 is 0 Å². The van der Waals surface area contributed by atoms with Crippen LogP contribution in [0.3, 0.4) is 0 Å². The van der Waals surface area contributed by atoms with E-state index in [1.165, 1.54) is 12.8 Å². The maximum atomic E-state index is 12.8. The van der Waals surface area contributed by atoms with E-state index in [0.717, 1.165) is 27.9 Å². The molecule has 0 spiro atoms. The zero-order valence-corrected chi connectivity index (χ0v) is 13.8. The average molecular weight is 364 g/mol. The summed E-state index contributed by atoms with van der Waals surface area (Å²) >= 11 is 3.50. The maximum Gasteiger partial charge on any atom is 0.326 e. The fraction of sp³-hybridized carbons (Fsp3) is 0.529. The summed E-state index contributed by atoms with van der Waals surface area (Å²) in [6.45, 7) is 0.415. The molecule has 2 aliphatic carbocycles. The van der Waals surface area contributed by atoms with Gasteiger partial charge in [-0.2, -0.15) is 0 Å². The minimum Gasteiger partial charge on any atom is -0.480 e. The molecule has 0 bridgehead atoms. The molecule has 1 aliphatic heterocycles. The van der Waals surface area contributed by atoms with Gasteiger partial charge in [-0.15, -0.1) is 0 Å². The molecule has 2 fully saturated rings. The summed E-state index contributed by atoms with van der Waals surface area (Å²) in [5.74, 6) is 0.464. The van der Waals surface area contributed by atoms with Crippen LogP contribution in [0.1, 0.15) is 30.4 Å². The summed E-state index contributed by atoms with van der Waals surface area (Å²) in [5, 5.41) is 9.55. The van der Waals surface area contributed by atoms with Gasteiger partial charge in [-0.1, -0.05) is 28.1 Å². The Hall–Kier alpha value is -1.36. The van der Waals surface area contributed by atoms with Crippen molar-refractivity contribution in [1.82, 2.24) is 4.90 Å². The number of carboxylic acids is 1. The Morgan fingerprint density at radius 3 is 2.73 bits per heavy atom. The number of carboxylic acid groups (broad SMARTS) is 1. The topological polar surface area (TPSA) is 57.6 Å². The molecule has 4 rings (SSSR count). The van der Waals surface area contributed by atoms with Crippen molar-refractivity contribution in [3.8, 4) is 0 Å². The molecule has 1 aromatic carbocycles. The molecule has 4 nitrogen and oxygen atoms in total. The van der Waals surface area contributed by atoms with Gasteiger partial charge in [0.25, 0.3) is 0 Å². The van der Waals surface area contributed by atoms with E-state index in [0.29, 0.717) is 18.9 Å². The minimum absolute atomic E-state index is 0.0509. The van der Waals surface area contributed by atoms with Crippen molar-refractivity contribution in [3.63, 3.8) is 0 Å². The van der Waals surface area contributed by atoms with Crippen LogP contribution in [-0.4, -0.2) is 27.9 Å². The summed E-state index contributed by atoms with van der Waals surface area (Å²) in [4.78, 5) is 26.0. The molecular formula is C17H18BrNO3. The smallest absolute Gasteiger partial charge is 0.326 e. The van der Waals surface area contributed by atoms with E-state index in [-0.39, 0.29) is 11.8 Å². The van der Waals surface area contributed by atoms with Gasteiger partial charge in [-0.05, 0) is 48.3 Å². The number of amides is 1. The lowest BCUT2D eigenvalue weighted by Crippen LogP contribution is -2.49. The summed E-state index contributed by atoms with van der Waals surface area (Å²) in [5.41, 5.74) is 2.08. The van der Waals surface area contributed by atoms with Crippen molar-refractivity contribution in [2.45, 2.75) is 38.3 Å². The first-order valence-electron chi connectivity index (χ1n) is 7.86. The molecule has 5 heteroatoms. The Morgan fingerprint density at radius 1 is 1.27 bits per heavy atom. The number of benzene rings is 1. The van der Waals surface area contributed by atoms with Gasteiger partial charge in [0.15, 0.2) is 0 Å². The van der Waals surface area contributed by atoms with Crippen molar-refractivity contribution in [1.29, 1.82) is 0 Å². The second kappa shape index (κ2) is 5.08. The zero-order chi connectivity index (χ0) is 15.4. The van der Waals surface area contributed by atoms with Crippen molar-refractivity contribution >= 4 is 27.8 Å². The second-order valence-electron chi connectivity index (χ2n) is 6.75. The first kappa shape index (κ1) is 14.2. The van der Waals surface area contributed by atoms with Gasteiger partial charge in [0.1, 0.15) is 6.04 Å². The Kier molecular flexibility index (Phi) is 3.29. The quantitative estimate of drug-likeness (QED) is 0.898. The number of halogens is 1. The summed E-state index contributed by atoms with van der Waals surface area (Å²) in [6, 6.07) is 5.12. The lowest BCUT2D eigenvalue weighted by Gasteiger charge is -2.35. The zero-order valence-electron chi connectivity index (χ0n) is 12.2. The predicted octanol–water partition coefficient (Wildman–Crippen LogP) is 2.83. The third-order valence-corrected chi connectivity index (χ3v) is 6.03. The molecule has 116 valence electrons. The molecule has 3 atom stereocenters. The van der Waals surface area contributed by atoms with Gasteiger partial charge in [0, 0.05) is 23.4 Å². The molecule has 0 radical (unpaired) electrons. The number of rotatable bonds is 3. The van der Waals surface area contributed by atoms with E-state index in [4.69, 9.17) is 0 Å². The van der Waals surface area contributed by atoms with Crippen molar-refractivity contribution in [2.24, 2.45) is 17.8 Å². The van der Waals surface area contributed by atoms with E-state index in [9.17, 15) is 14.7 Å². The molecule has 1 N–H and O–H groups in total. The lowest BCUT2D eigenvalue weighted by molar-refractivity contribution is -0.152. The van der Waals surface area contributed by atoms with Gasteiger partial charge in [0.2, 0.25) is 5.91 Å². The Morgan fingerprint density at radius 2 is 2.05 bits per heavy atom. The fourth-order valence-corrected chi connectivity index (χ4v) is 4.36. The van der Waals surface area contributed by atoms with Gasteiger partial charge in [-0.25, -0.2) is 4.79 Å². The number of hydrogen-bond donors (Lipinski definition) is 1. The molecule has 0 aromatic heterocycles. The molecule has 2 saturated carbocycles. The number of hydrogen-bond acceptors (Lipinski definition) is 2. The van der Waals surface area contributed by atoms with E-state index < -0.39 is 12.0 Å². The lowest BCUT2D eigenvalue weighted by atomic mass is 9.93. The van der Waals surface area contributed by atoms with Crippen LogP contribution in [0.2, 0.25) is 0 Å². The highest BCUT2D eigenvalue weighted by molar-refractivity contribution is 9.10. The molecule has 0 saturated heterocycles. The van der Waals surface area contributed by atoms with Crippen LogP contribution >= 0.6 is 15.9 Å². The average Bonchev–Trinajstić information content (AvgIpc) is 3.37. The van der Waals surface area contributed by atoms with Crippen LogP contribution in [0.4, 0.5) is 0 Å². The number of carbonyl (C=O) groups is 2. The monoisotopic (exact) mass is 363 g/mol. The molecule has 1 aromatic rings. The molecule has 1 amide bonds. The SMILES string of the molecule is O=C(O)C1Cc2c(Br)cccc2CN1C(=O)C1CC1C1CC1. The van der Waals surface area contributed by atoms with Crippen molar-refractivity contribution < 1.29 is 14.7 Å². The van der Waals surface area contributed by atoms with E-state index in [1.807, 2.05) is 18.2 Å². The number of carbonyl (C=O) groups excluding carboxylic acids is 1. The van der Waals surface area contributed by atoms with Crippen LogP contribution in [-0.2, 0) is 22.6 Å². The first-order valence-corrected chi connectivity index (χ1v) is 8.65. The van der Waals surface area contributed by atoms with Crippen LogP contribution in [0.5, 0.6) is 0 Å².